The van der Waals surface area contributed by atoms with Gasteiger partial charge >= 0.3 is 5.97 Å². The van der Waals surface area contributed by atoms with E-state index in [1.807, 2.05) is 0 Å². The van der Waals surface area contributed by atoms with Gasteiger partial charge in [-0.25, -0.2) is 13.4 Å². The van der Waals surface area contributed by atoms with E-state index in [0.717, 1.165) is 4.31 Å². The van der Waals surface area contributed by atoms with E-state index >= 15 is 0 Å². The summed E-state index contributed by atoms with van der Waals surface area (Å²) in [5.74, 6) is -1.20. The first-order chi connectivity index (χ1) is 8.05. The van der Waals surface area contributed by atoms with E-state index in [4.69, 9.17) is 5.11 Å². The zero-order valence-corrected chi connectivity index (χ0v) is 11.6. The van der Waals surface area contributed by atoms with E-state index in [9.17, 15) is 13.2 Å². The lowest BCUT2D eigenvalue weighted by molar-refractivity contribution is -0.138. The van der Waals surface area contributed by atoms with Crippen molar-refractivity contribution >= 4 is 16.0 Å². The van der Waals surface area contributed by atoms with Crippen molar-refractivity contribution in [3.63, 3.8) is 0 Å². The molecular formula is C10H17N3O4S. The predicted molar refractivity (Wildman–Crippen MR) is 64.5 cm³/mol. The Morgan fingerprint density at radius 3 is 2.39 bits per heavy atom. The van der Waals surface area contributed by atoms with Gasteiger partial charge in [-0.3, -0.25) is 4.79 Å². The Kier molecular flexibility index (Phi) is 3.82. The summed E-state index contributed by atoms with van der Waals surface area (Å²) in [6, 6.07) is 0. The molecule has 0 bridgehead atoms. The lowest BCUT2D eigenvalue weighted by Crippen LogP contribution is -2.48. The van der Waals surface area contributed by atoms with E-state index in [1.54, 1.807) is 27.8 Å². The summed E-state index contributed by atoms with van der Waals surface area (Å²) < 4.78 is 27.0. The number of carboxylic acids is 1. The van der Waals surface area contributed by atoms with Gasteiger partial charge in [-0.15, -0.1) is 0 Å². The SMILES string of the molecule is Cn1cnc(S(=O)(=O)N(CC(=O)O)C(C)(C)C)c1. The predicted octanol–water partition coefficient (Wildman–Crippen LogP) is 0.294. The van der Waals surface area contributed by atoms with Crippen molar-refractivity contribution in [2.24, 2.45) is 7.05 Å². The van der Waals surface area contributed by atoms with E-state index in [1.165, 1.54) is 17.1 Å². The van der Waals surface area contributed by atoms with E-state index < -0.39 is 28.1 Å². The number of nitrogens with zero attached hydrogens (tertiary/aromatic N) is 3. The van der Waals surface area contributed by atoms with Crippen molar-refractivity contribution < 1.29 is 18.3 Å². The minimum absolute atomic E-state index is 0.152. The Morgan fingerprint density at radius 1 is 1.50 bits per heavy atom. The van der Waals surface area contributed by atoms with Crippen molar-refractivity contribution in [3.8, 4) is 0 Å². The Balaban J connectivity index is 3.24. The first-order valence-electron chi connectivity index (χ1n) is 5.28. The fraction of sp³-hybridized carbons (Fsp3) is 0.600. The molecule has 0 saturated heterocycles. The molecule has 18 heavy (non-hydrogen) atoms. The van der Waals surface area contributed by atoms with Crippen LogP contribution in [0, 0.1) is 0 Å². The van der Waals surface area contributed by atoms with E-state index in [0.29, 0.717) is 0 Å². The Hall–Kier alpha value is -1.41. The van der Waals surface area contributed by atoms with Crippen molar-refractivity contribution in [1.82, 2.24) is 13.9 Å². The van der Waals surface area contributed by atoms with Crippen LogP contribution in [0.2, 0.25) is 0 Å². The van der Waals surface area contributed by atoms with Crippen LogP contribution >= 0.6 is 0 Å². The van der Waals surface area contributed by atoms with Crippen LogP contribution in [0.3, 0.4) is 0 Å². The fourth-order valence-corrected chi connectivity index (χ4v) is 3.15. The van der Waals surface area contributed by atoms with Gasteiger partial charge in [0.15, 0.2) is 5.03 Å². The summed E-state index contributed by atoms with van der Waals surface area (Å²) >= 11 is 0. The topological polar surface area (TPSA) is 92.5 Å². The molecule has 0 atom stereocenters. The van der Waals surface area contributed by atoms with Gasteiger partial charge < -0.3 is 9.67 Å². The third-order valence-corrected chi connectivity index (χ3v) is 4.26. The van der Waals surface area contributed by atoms with Gasteiger partial charge in [0.05, 0.1) is 6.33 Å². The van der Waals surface area contributed by atoms with Crippen molar-refractivity contribution in [1.29, 1.82) is 0 Å². The maximum atomic E-state index is 12.3. The minimum atomic E-state index is -3.91. The molecule has 7 nitrogen and oxygen atoms in total. The number of hydrogen-bond donors (Lipinski definition) is 1. The fourth-order valence-electron chi connectivity index (χ4n) is 1.44. The van der Waals surface area contributed by atoms with Crippen molar-refractivity contribution in [2.45, 2.75) is 31.3 Å². The molecule has 1 N–H and O–H groups in total. The van der Waals surface area contributed by atoms with E-state index in [2.05, 4.69) is 4.98 Å². The van der Waals surface area contributed by atoms with Crippen molar-refractivity contribution in [3.05, 3.63) is 12.5 Å². The number of sulfonamides is 1. The van der Waals surface area contributed by atoms with Crippen LogP contribution in [0.4, 0.5) is 0 Å². The molecule has 0 aliphatic rings. The summed E-state index contributed by atoms with van der Waals surface area (Å²) in [4.78, 5) is 14.6. The average Bonchev–Trinajstić information content (AvgIpc) is 2.59. The van der Waals surface area contributed by atoms with Crippen LogP contribution < -0.4 is 0 Å². The minimum Gasteiger partial charge on any atom is -0.480 e. The quantitative estimate of drug-likeness (QED) is 0.852. The first kappa shape index (κ1) is 14.7. The number of carbonyl (C=O) groups is 1. The molecule has 0 amide bonds. The van der Waals surface area contributed by atoms with Crippen LogP contribution in [0.1, 0.15) is 20.8 Å². The smallest absolute Gasteiger partial charge is 0.318 e. The number of aromatic nitrogens is 2. The van der Waals surface area contributed by atoms with Gasteiger partial charge in [-0.1, -0.05) is 0 Å². The molecule has 0 saturated carbocycles. The average molecular weight is 275 g/mol. The molecule has 0 aliphatic heterocycles. The number of aliphatic carboxylic acids is 1. The van der Waals surface area contributed by atoms with Gasteiger partial charge in [0, 0.05) is 18.8 Å². The van der Waals surface area contributed by atoms with Gasteiger partial charge in [0.2, 0.25) is 0 Å². The van der Waals surface area contributed by atoms with Crippen LogP contribution in [0.25, 0.3) is 0 Å². The molecule has 102 valence electrons. The normalized spacial score (nSPS) is 12.9. The highest BCUT2D eigenvalue weighted by Crippen LogP contribution is 2.22. The molecule has 1 aromatic heterocycles. The standard InChI is InChI=1S/C10H17N3O4S/c1-10(2,3)13(6-9(14)15)18(16,17)8-5-12(4)7-11-8/h5,7H,6H2,1-4H3,(H,14,15). The lowest BCUT2D eigenvalue weighted by Gasteiger charge is -2.32. The molecular weight excluding hydrogens is 258 g/mol. The second-order valence-corrected chi connectivity index (χ2v) is 6.76. The molecule has 0 unspecified atom stereocenters. The van der Waals surface area contributed by atoms with Gasteiger partial charge in [0.25, 0.3) is 10.0 Å². The zero-order valence-electron chi connectivity index (χ0n) is 10.8. The molecule has 1 heterocycles. The zero-order chi connectivity index (χ0) is 14.1. The Bertz CT molecular complexity index is 542. The van der Waals surface area contributed by atoms with Gasteiger partial charge in [-0.05, 0) is 20.8 Å². The molecule has 1 aromatic rings. The largest absolute Gasteiger partial charge is 0.480 e. The second-order valence-electron chi connectivity index (χ2n) is 4.95. The summed E-state index contributed by atoms with van der Waals surface area (Å²) in [7, 11) is -2.27. The number of carboxylic acid groups (broad SMARTS) is 1. The molecule has 0 fully saturated rings. The maximum absolute atomic E-state index is 12.3. The van der Waals surface area contributed by atoms with Crippen LogP contribution in [-0.2, 0) is 21.9 Å². The number of aryl methyl sites for hydroxylation is 1. The summed E-state index contributed by atoms with van der Waals surface area (Å²) in [5.41, 5.74) is -0.839. The first-order valence-corrected chi connectivity index (χ1v) is 6.72. The second kappa shape index (κ2) is 4.69. The molecule has 8 heteroatoms. The van der Waals surface area contributed by atoms with Gasteiger partial charge in [-0.2, -0.15) is 4.31 Å². The highest BCUT2D eigenvalue weighted by Gasteiger charge is 2.36. The number of hydrogen-bond acceptors (Lipinski definition) is 4. The Labute approximate surface area is 106 Å². The third kappa shape index (κ3) is 3.08. The van der Waals surface area contributed by atoms with E-state index in [-0.39, 0.29) is 5.03 Å². The Morgan fingerprint density at radius 2 is 2.06 bits per heavy atom. The number of imidazole rings is 1. The van der Waals surface area contributed by atoms with Crippen LogP contribution in [0.15, 0.2) is 17.6 Å². The summed E-state index contributed by atoms with van der Waals surface area (Å²) in [6.45, 7) is 4.31. The highest BCUT2D eigenvalue weighted by molar-refractivity contribution is 7.89. The number of rotatable bonds is 4. The van der Waals surface area contributed by atoms with Crippen LogP contribution in [-0.4, -0.2) is 45.4 Å². The molecule has 1 rings (SSSR count). The molecule has 0 aromatic carbocycles. The molecule has 0 spiro atoms. The summed E-state index contributed by atoms with van der Waals surface area (Å²) in [6.07, 6.45) is 2.70. The van der Waals surface area contributed by atoms with Crippen molar-refractivity contribution in [2.75, 3.05) is 6.54 Å². The lowest BCUT2D eigenvalue weighted by atomic mass is 10.1. The summed E-state index contributed by atoms with van der Waals surface area (Å²) in [5, 5.41) is 8.68. The highest BCUT2D eigenvalue weighted by atomic mass is 32.2. The maximum Gasteiger partial charge on any atom is 0.318 e. The van der Waals surface area contributed by atoms with Crippen LogP contribution in [0.5, 0.6) is 0 Å². The molecule has 0 aliphatic carbocycles. The monoisotopic (exact) mass is 275 g/mol. The van der Waals surface area contributed by atoms with Gasteiger partial charge in [0.1, 0.15) is 6.54 Å². The third-order valence-electron chi connectivity index (χ3n) is 2.26. The molecule has 0 radical (unpaired) electrons.